The van der Waals surface area contributed by atoms with Crippen molar-refractivity contribution in [3.8, 4) is 11.8 Å². The first-order valence-electron chi connectivity index (χ1n) is 7.81. The second-order valence-corrected chi connectivity index (χ2v) is 5.29. The van der Waals surface area contributed by atoms with Crippen molar-refractivity contribution in [1.82, 2.24) is 10.2 Å². The van der Waals surface area contributed by atoms with Gasteiger partial charge in [0.25, 0.3) is 0 Å². The quantitative estimate of drug-likeness (QED) is 0.417. The zero-order chi connectivity index (χ0) is 17.2. The van der Waals surface area contributed by atoms with Crippen LogP contribution >= 0.6 is 24.0 Å². The van der Waals surface area contributed by atoms with Crippen LogP contribution in [0.4, 0.5) is 0 Å². The molecular weight excluding hydrogens is 427 g/mol. The van der Waals surface area contributed by atoms with Crippen molar-refractivity contribution in [2.75, 3.05) is 27.2 Å². The maximum absolute atomic E-state index is 8.82. The largest absolute Gasteiger partial charge is 0.492 e. The Bertz CT molecular complexity index is 696. The molecule has 5 nitrogen and oxygen atoms in total. The zero-order valence-electron chi connectivity index (χ0n) is 14.5. The number of ether oxygens (including phenoxy) is 1. The van der Waals surface area contributed by atoms with Gasteiger partial charge in [0.15, 0.2) is 5.96 Å². The number of benzene rings is 2. The summed E-state index contributed by atoms with van der Waals surface area (Å²) < 4.78 is 5.70. The molecule has 0 unspecified atom stereocenters. The molecule has 0 saturated carbocycles. The summed E-state index contributed by atoms with van der Waals surface area (Å²) in [4.78, 5) is 6.31. The third kappa shape index (κ3) is 7.01. The van der Waals surface area contributed by atoms with Gasteiger partial charge in [-0.2, -0.15) is 5.26 Å². The van der Waals surface area contributed by atoms with Gasteiger partial charge in [0.05, 0.1) is 18.2 Å². The highest BCUT2D eigenvalue weighted by molar-refractivity contribution is 14.0. The molecule has 25 heavy (non-hydrogen) atoms. The third-order valence-corrected chi connectivity index (χ3v) is 3.55. The first kappa shape index (κ1) is 20.8. The topological polar surface area (TPSA) is 60.7 Å². The van der Waals surface area contributed by atoms with Crippen molar-refractivity contribution < 1.29 is 4.74 Å². The van der Waals surface area contributed by atoms with Gasteiger partial charge in [0.2, 0.25) is 0 Å². The highest BCUT2D eigenvalue weighted by Gasteiger charge is 2.06. The fourth-order valence-electron chi connectivity index (χ4n) is 2.19. The van der Waals surface area contributed by atoms with Gasteiger partial charge in [-0.05, 0) is 29.8 Å². The summed E-state index contributed by atoms with van der Waals surface area (Å²) in [7, 11) is 3.73. The fraction of sp³-hybridized carbons (Fsp3) is 0.263. The first-order valence-corrected chi connectivity index (χ1v) is 7.81. The monoisotopic (exact) mass is 450 g/mol. The van der Waals surface area contributed by atoms with Crippen molar-refractivity contribution in [1.29, 1.82) is 5.26 Å². The van der Waals surface area contributed by atoms with E-state index in [-0.39, 0.29) is 24.0 Å². The Morgan fingerprint density at radius 3 is 2.44 bits per heavy atom. The summed E-state index contributed by atoms with van der Waals surface area (Å²) in [6.45, 7) is 1.96. The zero-order valence-corrected chi connectivity index (χ0v) is 16.8. The lowest BCUT2D eigenvalue weighted by Gasteiger charge is -2.22. The summed E-state index contributed by atoms with van der Waals surface area (Å²) in [5.41, 5.74) is 1.77. The van der Waals surface area contributed by atoms with Crippen LogP contribution in [-0.2, 0) is 6.54 Å². The van der Waals surface area contributed by atoms with Crippen LogP contribution in [0.15, 0.2) is 59.6 Å². The summed E-state index contributed by atoms with van der Waals surface area (Å²) in [6.07, 6.45) is 0. The van der Waals surface area contributed by atoms with E-state index in [2.05, 4.69) is 16.4 Å². The summed E-state index contributed by atoms with van der Waals surface area (Å²) >= 11 is 0. The molecule has 0 bridgehead atoms. The van der Waals surface area contributed by atoms with Crippen LogP contribution in [0.5, 0.6) is 5.75 Å². The lowest BCUT2D eigenvalue weighted by Crippen LogP contribution is -2.40. The molecule has 2 aromatic rings. The Hall–Kier alpha value is -2.27. The summed E-state index contributed by atoms with van der Waals surface area (Å²) in [5.74, 6) is 1.67. The molecule has 0 heterocycles. The molecule has 0 atom stereocenters. The molecule has 0 aromatic heterocycles. The molecule has 132 valence electrons. The minimum absolute atomic E-state index is 0. The van der Waals surface area contributed by atoms with E-state index in [9.17, 15) is 0 Å². The fourth-order valence-corrected chi connectivity index (χ4v) is 2.19. The highest BCUT2D eigenvalue weighted by Crippen LogP contribution is 2.08. The summed E-state index contributed by atoms with van der Waals surface area (Å²) in [6, 6.07) is 19.4. The van der Waals surface area contributed by atoms with Crippen LogP contribution in [0.3, 0.4) is 0 Å². The lowest BCUT2D eigenvalue weighted by molar-refractivity contribution is 0.281. The number of guanidine groups is 1. The predicted octanol–water partition coefficient (Wildman–Crippen LogP) is 3.26. The van der Waals surface area contributed by atoms with Gasteiger partial charge >= 0.3 is 0 Å². The van der Waals surface area contributed by atoms with E-state index < -0.39 is 0 Å². The SMILES string of the molecule is CN=C(NCc1ccc(C#N)cc1)N(C)CCOc1ccccc1.I. The van der Waals surface area contributed by atoms with Crippen molar-refractivity contribution >= 4 is 29.9 Å². The molecular formula is C19H23IN4O. The number of likely N-dealkylation sites (N-methyl/N-ethyl adjacent to an activating group) is 1. The average molecular weight is 450 g/mol. The van der Waals surface area contributed by atoms with E-state index in [1.807, 2.05) is 66.5 Å². The number of aliphatic imine (C=N–C) groups is 1. The number of nitrogens with zero attached hydrogens (tertiary/aromatic N) is 3. The molecule has 2 rings (SSSR count). The number of para-hydroxylation sites is 1. The summed E-state index contributed by atoms with van der Waals surface area (Å²) in [5, 5.41) is 12.1. The maximum atomic E-state index is 8.82. The van der Waals surface area contributed by atoms with Gasteiger partial charge in [-0.3, -0.25) is 4.99 Å². The van der Waals surface area contributed by atoms with E-state index in [1.54, 1.807) is 7.05 Å². The number of nitriles is 1. The van der Waals surface area contributed by atoms with Crippen LogP contribution < -0.4 is 10.1 Å². The molecule has 0 radical (unpaired) electrons. The van der Waals surface area contributed by atoms with E-state index in [0.717, 1.165) is 23.8 Å². The minimum Gasteiger partial charge on any atom is -0.492 e. The van der Waals surface area contributed by atoms with Crippen LogP contribution in [0.1, 0.15) is 11.1 Å². The van der Waals surface area contributed by atoms with Gasteiger partial charge in [0, 0.05) is 20.6 Å². The van der Waals surface area contributed by atoms with E-state index in [4.69, 9.17) is 10.00 Å². The second-order valence-electron chi connectivity index (χ2n) is 5.29. The van der Waals surface area contributed by atoms with Crippen molar-refractivity contribution in [2.45, 2.75) is 6.54 Å². The van der Waals surface area contributed by atoms with Crippen molar-refractivity contribution in [2.24, 2.45) is 4.99 Å². The Kier molecular flexibility index (Phi) is 9.40. The van der Waals surface area contributed by atoms with Gasteiger partial charge in [-0.15, -0.1) is 24.0 Å². The van der Waals surface area contributed by atoms with E-state index in [1.165, 1.54) is 0 Å². The number of rotatable bonds is 6. The number of hydrogen-bond donors (Lipinski definition) is 1. The number of hydrogen-bond acceptors (Lipinski definition) is 3. The smallest absolute Gasteiger partial charge is 0.193 e. The van der Waals surface area contributed by atoms with Crippen molar-refractivity contribution in [3.05, 3.63) is 65.7 Å². The molecule has 1 N–H and O–H groups in total. The lowest BCUT2D eigenvalue weighted by atomic mass is 10.1. The Labute approximate surface area is 166 Å². The molecule has 0 aliphatic heterocycles. The third-order valence-electron chi connectivity index (χ3n) is 3.55. The predicted molar refractivity (Wildman–Crippen MR) is 111 cm³/mol. The molecule has 0 saturated heterocycles. The van der Waals surface area contributed by atoms with E-state index in [0.29, 0.717) is 18.7 Å². The van der Waals surface area contributed by atoms with E-state index >= 15 is 0 Å². The number of halogens is 1. The molecule has 0 spiro atoms. The molecule has 0 aliphatic rings. The molecule has 0 fully saturated rings. The Balaban J connectivity index is 0.00000312. The standard InChI is InChI=1S/C19H22N4O.HI/c1-21-19(22-15-17-10-8-16(14-20)9-11-17)23(2)12-13-24-18-6-4-3-5-7-18;/h3-11H,12-13,15H2,1-2H3,(H,21,22);1H. The van der Waals surface area contributed by atoms with Gasteiger partial charge in [-0.1, -0.05) is 30.3 Å². The highest BCUT2D eigenvalue weighted by atomic mass is 127. The normalized spacial score (nSPS) is 10.4. The second kappa shape index (κ2) is 11.3. The Morgan fingerprint density at radius 2 is 1.84 bits per heavy atom. The van der Waals surface area contributed by atoms with Gasteiger partial charge in [-0.25, -0.2) is 0 Å². The first-order chi connectivity index (χ1) is 11.7. The van der Waals surface area contributed by atoms with Crippen LogP contribution in [0.2, 0.25) is 0 Å². The molecule has 6 heteroatoms. The number of nitrogens with one attached hydrogen (secondary N) is 1. The molecule has 2 aromatic carbocycles. The van der Waals surface area contributed by atoms with Gasteiger partial charge < -0.3 is 15.0 Å². The van der Waals surface area contributed by atoms with Crippen LogP contribution in [0, 0.1) is 11.3 Å². The minimum atomic E-state index is 0. The molecule has 0 aliphatic carbocycles. The maximum Gasteiger partial charge on any atom is 0.193 e. The van der Waals surface area contributed by atoms with Gasteiger partial charge in [0.1, 0.15) is 12.4 Å². The van der Waals surface area contributed by atoms with Crippen molar-refractivity contribution in [3.63, 3.8) is 0 Å². The molecule has 0 amide bonds. The average Bonchev–Trinajstić information content (AvgIpc) is 2.63. The Morgan fingerprint density at radius 1 is 1.16 bits per heavy atom. The van der Waals surface area contributed by atoms with Crippen LogP contribution in [0.25, 0.3) is 0 Å². The van der Waals surface area contributed by atoms with Crippen LogP contribution in [-0.4, -0.2) is 38.1 Å².